The fraction of sp³-hybridized carbons (Fsp3) is 0.375. The maximum atomic E-state index is 11.7. The minimum absolute atomic E-state index is 0.0719. The quantitative estimate of drug-likeness (QED) is 0.240. The molecule has 2 rings (SSSR count). The van der Waals surface area contributed by atoms with Gasteiger partial charge in [-0.3, -0.25) is 9.59 Å². The minimum atomic E-state index is -0.529. The van der Waals surface area contributed by atoms with E-state index in [0.29, 0.717) is 17.9 Å². The van der Waals surface area contributed by atoms with Crippen LogP contribution < -0.4 is 30.7 Å². The van der Waals surface area contributed by atoms with Crippen LogP contribution in [0, 0.1) is 7.14 Å². The van der Waals surface area contributed by atoms with Gasteiger partial charge in [-0.2, -0.15) is 0 Å². The Bertz CT molecular complexity index is 882. The maximum Gasteiger partial charge on any atom is 0.357 e. The number of ketones is 2. The maximum absolute atomic E-state index is 11.7. The molecule has 6 nitrogen and oxygen atoms in total. The van der Waals surface area contributed by atoms with E-state index in [1.807, 2.05) is 69.3 Å². The lowest BCUT2D eigenvalue weighted by Crippen LogP contribution is -3.61. The summed E-state index contributed by atoms with van der Waals surface area (Å²) >= 11 is -0.390. The zero-order valence-corrected chi connectivity index (χ0v) is 20.4. The summed E-state index contributed by atoms with van der Waals surface area (Å²) in [5, 5.41) is 0. The van der Waals surface area contributed by atoms with Crippen LogP contribution in [0.4, 0.5) is 0 Å². The molecule has 7 heteroatoms. The van der Waals surface area contributed by atoms with Crippen LogP contribution in [0.5, 0.6) is 11.5 Å². The average Bonchev–Trinajstić information content (AvgIpc) is 2.71. The number of carbonyl (C=O) groups excluding carboxylic acids is 3. The van der Waals surface area contributed by atoms with Gasteiger partial charge in [0.1, 0.15) is 29.5 Å². The Balaban J connectivity index is 1.80. The summed E-state index contributed by atoms with van der Waals surface area (Å²) < 4.78 is 18.6. The Morgan fingerprint density at radius 3 is 1.71 bits per heavy atom. The fourth-order valence-corrected chi connectivity index (χ4v) is 4.54. The number of halogens is 1. The van der Waals surface area contributed by atoms with Gasteiger partial charge in [0, 0.05) is 6.42 Å². The summed E-state index contributed by atoms with van der Waals surface area (Å²) in [7, 11) is 0. The minimum Gasteiger partial charge on any atom is -0.486 e. The Morgan fingerprint density at radius 2 is 1.26 bits per heavy atom. The first-order valence-corrected chi connectivity index (χ1v) is 12.2. The zero-order valence-electron chi connectivity index (χ0n) is 18.3. The lowest BCUT2D eigenvalue weighted by Gasteiger charge is -2.19. The van der Waals surface area contributed by atoms with Gasteiger partial charge in [-0.15, -0.1) is 0 Å². The van der Waals surface area contributed by atoms with Gasteiger partial charge < -0.3 is 14.2 Å². The molecule has 0 atom stereocenters. The number of benzene rings is 2. The molecule has 0 N–H and O–H groups in total. The normalized spacial score (nSPS) is 11.0. The predicted molar refractivity (Wildman–Crippen MR) is 112 cm³/mol. The smallest absolute Gasteiger partial charge is 0.357 e. The standard InChI is InChI=1S/C24H28IO6/c1-5-19(26)14-20(27)15-29-21-10-6-17(7-11-21)25-18-8-12-22(13-9-18)30-16-23(28)31-24(2,3)4/h6-13H,5,14-16H2,1-4H3/q+1. The van der Waals surface area contributed by atoms with Crippen LogP contribution in [0.25, 0.3) is 0 Å². The third kappa shape index (κ3) is 9.95. The highest BCUT2D eigenvalue weighted by atomic mass is 127. The summed E-state index contributed by atoms with van der Waals surface area (Å²) in [5.41, 5.74) is -0.529. The molecular weight excluding hydrogens is 511 g/mol. The number of rotatable bonds is 11. The first-order chi connectivity index (χ1) is 14.6. The molecule has 0 radical (unpaired) electrons. The molecule has 0 heterocycles. The molecular formula is C24H28IO6+. The van der Waals surface area contributed by atoms with Gasteiger partial charge in [0.15, 0.2) is 19.5 Å². The average molecular weight is 539 g/mol. The summed E-state index contributed by atoms with van der Waals surface area (Å²) in [4.78, 5) is 34.7. The lowest BCUT2D eigenvalue weighted by molar-refractivity contribution is -0.597. The summed E-state index contributed by atoms with van der Waals surface area (Å²) in [6.45, 7) is 6.97. The summed E-state index contributed by atoms with van der Waals surface area (Å²) in [6, 6.07) is 15.3. The van der Waals surface area contributed by atoms with Gasteiger partial charge in [-0.25, -0.2) is 4.79 Å². The van der Waals surface area contributed by atoms with Crippen molar-refractivity contribution in [1.29, 1.82) is 0 Å². The van der Waals surface area contributed by atoms with Crippen molar-refractivity contribution in [3.05, 3.63) is 55.7 Å². The fourth-order valence-electron chi connectivity index (χ4n) is 2.39. The molecule has 0 aliphatic heterocycles. The largest absolute Gasteiger partial charge is 0.486 e. The van der Waals surface area contributed by atoms with E-state index in [4.69, 9.17) is 14.2 Å². The second kappa shape index (κ2) is 11.8. The Labute approximate surface area is 193 Å². The lowest BCUT2D eigenvalue weighted by atomic mass is 10.2. The van der Waals surface area contributed by atoms with E-state index >= 15 is 0 Å². The Kier molecular flexibility index (Phi) is 9.48. The van der Waals surface area contributed by atoms with Crippen molar-refractivity contribution in [3.8, 4) is 11.5 Å². The van der Waals surface area contributed by atoms with Crippen LogP contribution in [0.2, 0.25) is 0 Å². The van der Waals surface area contributed by atoms with Crippen LogP contribution in [-0.4, -0.2) is 36.4 Å². The van der Waals surface area contributed by atoms with Gasteiger partial charge >= 0.3 is 27.2 Å². The van der Waals surface area contributed by atoms with E-state index in [-0.39, 0.29) is 52.4 Å². The summed E-state index contributed by atoms with van der Waals surface area (Å²) in [6.07, 6.45) is 0.290. The molecule has 0 bridgehead atoms. The van der Waals surface area contributed by atoms with Crippen LogP contribution in [-0.2, 0) is 19.1 Å². The van der Waals surface area contributed by atoms with Gasteiger partial charge in [-0.1, -0.05) is 6.92 Å². The molecule has 0 aromatic heterocycles. The molecule has 0 saturated heterocycles. The molecule has 0 amide bonds. The third-order valence-corrected chi connectivity index (χ3v) is 6.49. The summed E-state index contributed by atoms with van der Waals surface area (Å²) in [5.74, 6) is 0.543. The van der Waals surface area contributed by atoms with Crippen LogP contribution in [0.15, 0.2) is 48.5 Å². The van der Waals surface area contributed by atoms with Crippen molar-refractivity contribution < 1.29 is 49.8 Å². The topological polar surface area (TPSA) is 78.9 Å². The first-order valence-electron chi connectivity index (χ1n) is 10.0. The van der Waals surface area contributed by atoms with E-state index in [1.165, 1.54) is 7.14 Å². The molecule has 31 heavy (non-hydrogen) atoms. The van der Waals surface area contributed by atoms with Crippen LogP contribution in [0.1, 0.15) is 40.5 Å². The van der Waals surface area contributed by atoms with E-state index < -0.39 is 11.6 Å². The van der Waals surface area contributed by atoms with E-state index in [9.17, 15) is 14.4 Å². The van der Waals surface area contributed by atoms with Crippen molar-refractivity contribution in [2.45, 2.75) is 46.1 Å². The van der Waals surface area contributed by atoms with Gasteiger partial charge in [0.2, 0.25) is 0 Å². The predicted octanol–water partition coefficient (Wildman–Crippen LogP) is 0.853. The van der Waals surface area contributed by atoms with E-state index in [0.717, 1.165) is 0 Å². The molecule has 0 spiro atoms. The van der Waals surface area contributed by atoms with Crippen molar-refractivity contribution in [2.24, 2.45) is 0 Å². The number of ether oxygens (including phenoxy) is 3. The molecule has 0 unspecified atom stereocenters. The van der Waals surface area contributed by atoms with E-state index in [2.05, 4.69) is 0 Å². The Hall–Kier alpha value is -2.42. The number of esters is 1. The van der Waals surface area contributed by atoms with Gasteiger partial charge in [0.05, 0.1) is 6.42 Å². The third-order valence-electron chi connectivity index (χ3n) is 3.81. The van der Waals surface area contributed by atoms with Crippen LogP contribution >= 0.6 is 0 Å². The van der Waals surface area contributed by atoms with Crippen molar-refractivity contribution in [3.63, 3.8) is 0 Å². The van der Waals surface area contributed by atoms with Gasteiger partial charge in [0.25, 0.3) is 0 Å². The Morgan fingerprint density at radius 1 is 0.774 bits per heavy atom. The van der Waals surface area contributed by atoms with Crippen molar-refractivity contribution in [2.75, 3.05) is 13.2 Å². The molecule has 166 valence electrons. The monoisotopic (exact) mass is 539 g/mol. The molecule has 0 aliphatic carbocycles. The number of Topliss-reactive ketones (excluding diaryl/α,β-unsaturated/α-hetero) is 2. The highest BCUT2D eigenvalue weighted by molar-refractivity contribution is 5.99. The van der Waals surface area contributed by atoms with Crippen molar-refractivity contribution in [1.82, 2.24) is 0 Å². The van der Waals surface area contributed by atoms with Crippen LogP contribution in [0.3, 0.4) is 0 Å². The first kappa shape index (κ1) is 24.8. The molecule has 0 saturated carbocycles. The van der Waals surface area contributed by atoms with Gasteiger partial charge in [-0.05, 0) is 69.3 Å². The van der Waals surface area contributed by atoms with E-state index in [1.54, 1.807) is 6.92 Å². The zero-order chi connectivity index (χ0) is 22.9. The second-order valence-corrected chi connectivity index (χ2v) is 10.8. The molecule has 0 fully saturated rings. The highest BCUT2D eigenvalue weighted by Crippen LogP contribution is 2.11. The van der Waals surface area contributed by atoms with Crippen molar-refractivity contribution >= 4 is 17.5 Å². The SMILES string of the molecule is CCC(=O)CC(=O)COc1ccc([I+]c2ccc(OCC(=O)OC(C)(C)C)cc2)cc1. The molecule has 0 aliphatic rings. The number of hydrogen-bond donors (Lipinski definition) is 0. The number of hydrogen-bond acceptors (Lipinski definition) is 6. The highest BCUT2D eigenvalue weighted by Gasteiger charge is 2.18. The molecule has 2 aromatic rings. The molecule has 2 aromatic carbocycles. The number of carbonyl (C=O) groups is 3. The second-order valence-electron chi connectivity index (χ2n) is 7.77.